The molecule has 4 rings (SSSR count). The lowest BCUT2D eigenvalue weighted by molar-refractivity contribution is -0.150. The van der Waals surface area contributed by atoms with Crippen LogP contribution in [0.5, 0.6) is 0 Å². The van der Waals surface area contributed by atoms with Gasteiger partial charge < -0.3 is 20.5 Å². The lowest BCUT2D eigenvalue weighted by Crippen LogP contribution is -2.56. The van der Waals surface area contributed by atoms with Crippen LogP contribution in [-0.4, -0.2) is 41.8 Å². The van der Waals surface area contributed by atoms with Crippen molar-refractivity contribution in [1.29, 1.82) is 0 Å². The smallest absolute Gasteiger partial charge is 0.407 e. The number of carboxylic acids is 1. The van der Waals surface area contributed by atoms with E-state index in [0.717, 1.165) is 30.4 Å². The quantitative estimate of drug-likeness (QED) is 0.535. The molecular formula is C27H32N2O5. The van der Waals surface area contributed by atoms with Gasteiger partial charge in [0.1, 0.15) is 12.1 Å². The third-order valence-electron chi connectivity index (χ3n) is 7.12. The molecular weight excluding hydrogens is 432 g/mol. The molecule has 7 nitrogen and oxygen atoms in total. The predicted octanol–water partition coefficient (Wildman–Crippen LogP) is 4.46. The highest BCUT2D eigenvalue weighted by Crippen LogP contribution is 2.44. The molecule has 0 aromatic heterocycles. The first kappa shape index (κ1) is 23.8. The number of fused-ring (bicyclic) bond motifs is 3. The van der Waals surface area contributed by atoms with Crippen LogP contribution in [0.2, 0.25) is 0 Å². The Labute approximate surface area is 199 Å². The minimum Gasteiger partial charge on any atom is -0.480 e. The number of hydrogen-bond donors (Lipinski definition) is 3. The van der Waals surface area contributed by atoms with Crippen molar-refractivity contribution in [1.82, 2.24) is 10.6 Å². The summed E-state index contributed by atoms with van der Waals surface area (Å²) in [6.07, 6.45) is 3.37. The van der Waals surface area contributed by atoms with E-state index in [-0.39, 0.29) is 25.0 Å². The standard InChI is InChI=1S/C27H32N2O5/c1-18(24(30)29-27(25(31)32)14-7-2-8-15-27)13-16-28-26(33)34-17-23-21-11-5-3-9-19(21)20-10-4-6-12-22(20)23/h3-6,9-12,18,23H,2,7-8,13-17H2,1H3,(H,28,33)(H,29,30)(H,31,32). The Morgan fingerprint density at radius 2 is 1.59 bits per heavy atom. The second-order valence-corrected chi connectivity index (χ2v) is 9.38. The third-order valence-corrected chi connectivity index (χ3v) is 7.12. The fourth-order valence-corrected chi connectivity index (χ4v) is 5.08. The fourth-order valence-electron chi connectivity index (χ4n) is 5.08. The van der Waals surface area contributed by atoms with Crippen molar-refractivity contribution in [3.8, 4) is 11.1 Å². The molecule has 3 N–H and O–H groups in total. The van der Waals surface area contributed by atoms with E-state index in [1.165, 1.54) is 11.1 Å². The summed E-state index contributed by atoms with van der Waals surface area (Å²) in [5, 5.41) is 15.1. The first-order valence-electron chi connectivity index (χ1n) is 12.1. The molecule has 0 bridgehead atoms. The van der Waals surface area contributed by atoms with Crippen LogP contribution in [0.25, 0.3) is 11.1 Å². The van der Waals surface area contributed by atoms with Gasteiger partial charge in [-0.1, -0.05) is 74.7 Å². The molecule has 0 radical (unpaired) electrons. The molecule has 1 atom stereocenters. The Bertz CT molecular complexity index is 1010. The average molecular weight is 465 g/mol. The van der Waals surface area contributed by atoms with Crippen LogP contribution in [0.3, 0.4) is 0 Å². The Morgan fingerprint density at radius 1 is 1.00 bits per heavy atom. The number of benzene rings is 2. The minimum absolute atomic E-state index is 0.00875. The van der Waals surface area contributed by atoms with Crippen LogP contribution in [0.1, 0.15) is 62.5 Å². The van der Waals surface area contributed by atoms with Crippen molar-refractivity contribution in [2.75, 3.05) is 13.2 Å². The van der Waals surface area contributed by atoms with Gasteiger partial charge >= 0.3 is 12.1 Å². The molecule has 0 saturated heterocycles. The maximum Gasteiger partial charge on any atom is 0.407 e. The zero-order chi connectivity index (χ0) is 24.1. The normalized spacial score (nSPS) is 17.2. The van der Waals surface area contributed by atoms with Crippen molar-refractivity contribution < 1.29 is 24.2 Å². The van der Waals surface area contributed by atoms with E-state index in [1.807, 2.05) is 24.3 Å². The maximum absolute atomic E-state index is 12.6. The zero-order valence-electron chi connectivity index (χ0n) is 19.5. The van der Waals surface area contributed by atoms with Crippen molar-refractivity contribution in [2.45, 2.75) is 56.9 Å². The summed E-state index contributed by atoms with van der Waals surface area (Å²) in [4.78, 5) is 36.7. The second kappa shape index (κ2) is 10.3. The molecule has 1 fully saturated rings. The van der Waals surface area contributed by atoms with E-state index < -0.39 is 23.5 Å². The zero-order valence-corrected chi connectivity index (χ0v) is 19.5. The van der Waals surface area contributed by atoms with Gasteiger partial charge in [-0.3, -0.25) is 4.79 Å². The number of carboxylic acid groups (broad SMARTS) is 1. The van der Waals surface area contributed by atoms with E-state index >= 15 is 0 Å². The summed E-state index contributed by atoms with van der Waals surface area (Å²) in [6.45, 7) is 2.25. The number of carbonyl (C=O) groups is 3. The Balaban J connectivity index is 1.25. The van der Waals surface area contributed by atoms with Gasteiger partial charge in [0.2, 0.25) is 5.91 Å². The molecule has 180 valence electrons. The van der Waals surface area contributed by atoms with Crippen molar-refractivity contribution in [3.05, 3.63) is 59.7 Å². The van der Waals surface area contributed by atoms with E-state index in [9.17, 15) is 19.5 Å². The Morgan fingerprint density at radius 3 is 2.18 bits per heavy atom. The van der Waals surface area contributed by atoms with Crippen LogP contribution in [0, 0.1) is 5.92 Å². The Kier molecular flexibility index (Phi) is 7.20. The van der Waals surface area contributed by atoms with Crippen molar-refractivity contribution in [3.63, 3.8) is 0 Å². The summed E-state index contributed by atoms with van der Waals surface area (Å²) in [7, 11) is 0. The number of hydrogen-bond acceptors (Lipinski definition) is 4. The molecule has 2 aromatic rings. The number of ether oxygens (including phenoxy) is 1. The molecule has 0 heterocycles. The third kappa shape index (κ3) is 4.93. The monoisotopic (exact) mass is 464 g/mol. The lowest BCUT2D eigenvalue weighted by atomic mass is 9.81. The summed E-state index contributed by atoms with van der Waals surface area (Å²) >= 11 is 0. The number of nitrogens with one attached hydrogen (secondary N) is 2. The van der Waals surface area contributed by atoms with E-state index in [2.05, 4.69) is 34.9 Å². The second-order valence-electron chi connectivity index (χ2n) is 9.38. The van der Waals surface area contributed by atoms with Crippen LogP contribution in [-0.2, 0) is 14.3 Å². The van der Waals surface area contributed by atoms with Gasteiger partial charge in [-0.05, 0) is 41.5 Å². The SMILES string of the molecule is CC(CCNC(=O)OCC1c2ccccc2-c2ccccc21)C(=O)NC1(C(=O)O)CCCCC1. The van der Waals surface area contributed by atoms with E-state index in [4.69, 9.17) is 4.74 Å². The van der Waals surface area contributed by atoms with Gasteiger partial charge in [0.05, 0.1) is 0 Å². The van der Waals surface area contributed by atoms with E-state index in [0.29, 0.717) is 19.3 Å². The van der Waals surface area contributed by atoms with Crippen LogP contribution >= 0.6 is 0 Å². The molecule has 0 spiro atoms. The van der Waals surface area contributed by atoms with Crippen molar-refractivity contribution in [2.24, 2.45) is 5.92 Å². The number of aliphatic carboxylic acids is 1. The molecule has 7 heteroatoms. The molecule has 1 unspecified atom stereocenters. The average Bonchev–Trinajstić information content (AvgIpc) is 3.17. The van der Waals surface area contributed by atoms with Crippen LogP contribution in [0.15, 0.2) is 48.5 Å². The molecule has 2 aromatic carbocycles. The molecule has 34 heavy (non-hydrogen) atoms. The largest absolute Gasteiger partial charge is 0.480 e. The first-order valence-corrected chi connectivity index (χ1v) is 12.1. The van der Waals surface area contributed by atoms with Gasteiger partial charge in [0, 0.05) is 18.4 Å². The summed E-state index contributed by atoms with van der Waals surface area (Å²) < 4.78 is 5.52. The van der Waals surface area contributed by atoms with Gasteiger partial charge in [-0.2, -0.15) is 0 Å². The number of rotatable bonds is 8. The maximum atomic E-state index is 12.6. The summed E-state index contributed by atoms with van der Waals surface area (Å²) in [5.41, 5.74) is 3.48. The minimum atomic E-state index is -1.16. The molecule has 2 amide bonds. The van der Waals surface area contributed by atoms with Gasteiger partial charge in [-0.15, -0.1) is 0 Å². The fraction of sp³-hybridized carbons (Fsp3) is 0.444. The summed E-state index contributed by atoms with van der Waals surface area (Å²) in [5.74, 6) is -1.69. The topological polar surface area (TPSA) is 105 Å². The van der Waals surface area contributed by atoms with Gasteiger partial charge in [-0.25, -0.2) is 9.59 Å². The van der Waals surface area contributed by atoms with Gasteiger partial charge in [0.25, 0.3) is 0 Å². The first-order chi connectivity index (χ1) is 16.4. The van der Waals surface area contributed by atoms with E-state index in [1.54, 1.807) is 6.92 Å². The summed E-state index contributed by atoms with van der Waals surface area (Å²) in [6, 6.07) is 16.3. The van der Waals surface area contributed by atoms with Crippen LogP contribution < -0.4 is 10.6 Å². The van der Waals surface area contributed by atoms with Crippen molar-refractivity contribution >= 4 is 18.0 Å². The highest BCUT2D eigenvalue weighted by atomic mass is 16.5. The highest BCUT2D eigenvalue weighted by molar-refractivity contribution is 5.88. The number of carbonyl (C=O) groups excluding carboxylic acids is 2. The number of amides is 2. The molecule has 0 aliphatic heterocycles. The highest BCUT2D eigenvalue weighted by Gasteiger charge is 2.41. The van der Waals surface area contributed by atoms with Crippen LogP contribution in [0.4, 0.5) is 4.79 Å². The molecule has 2 aliphatic carbocycles. The van der Waals surface area contributed by atoms with Gasteiger partial charge in [0.15, 0.2) is 0 Å². The lowest BCUT2D eigenvalue weighted by Gasteiger charge is -2.34. The molecule has 2 aliphatic rings. The predicted molar refractivity (Wildman–Crippen MR) is 128 cm³/mol. The molecule has 1 saturated carbocycles. The number of alkyl carbamates (subject to hydrolysis) is 1. The Hall–Kier alpha value is -3.35.